The fourth-order valence-electron chi connectivity index (χ4n) is 2.62. The molecule has 1 aliphatic heterocycles. The zero-order valence-corrected chi connectivity index (χ0v) is 11.8. The van der Waals surface area contributed by atoms with Crippen molar-refractivity contribution in [3.05, 3.63) is 0 Å². The number of carbonyl (C=O) groups is 1. The van der Waals surface area contributed by atoms with E-state index in [1.54, 1.807) is 0 Å². The molecule has 0 radical (unpaired) electrons. The molecule has 1 rings (SSSR count). The Morgan fingerprint density at radius 2 is 1.82 bits per heavy atom. The molecule has 3 heteroatoms. The summed E-state index contributed by atoms with van der Waals surface area (Å²) in [7, 11) is 0. The quantitative estimate of drug-likeness (QED) is 0.799. The fraction of sp³-hybridized carbons (Fsp3) is 0.929. The maximum absolute atomic E-state index is 11.6. The predicted octanol–water partition coefficient (Wildman–Crippen LogP) is 2.27. The second-order valence-electron chi connectivity index (χ2n) is 6.07. The van der Waals surface area contributed by atoms with Crippen molar-refractivity contribution < 1.29 is 4.79 Å². The van der Waals surface area contributed by atoms with Gasteiger partial charge < -0.3 is 5.32 Å². The van der Waals surface area contributed by atoms with Crippen LogP contribution in [-0.4, -0.2) is 36.5 Å². The first-order valence-electron chi connectivity index (χ1n) is 6.99. The lowest BCUT2D eigenvalue weighted by Gasteiger charge is -2.32. The van der Waals surface area contributed by atoms with Gasteiger partial charge in [0, 0.05) is 6.04 Å². The topological polar surface area (TPSA) is 32.3 Å². The number of nitrogens with one attached hydrogen (secondary N) is 1. The van der Waals surface area contributed by atoms with E-state index in [0.717, 1.165) is 24.9 Å². The Bertz CT molecular complexity index is 230. The van der Waals surface area contributed by atoms with Gasteiger partial charge in [0.25, 0.3) is 0 Å². The van der Waals surface area contributed by atoms with E-state index in [0.29, 0.717) is 6.54 Å². The molecule has 1 saturated heterocycles. The van der Waals surface area contributed by atoms with Crippen LogP contribution < -0.4 is 5.32 Å². The van der Waals surface area contributed by atoms with Crippen molar-refractivity contribution in [1.82, 2.24) is 10.2 Å². The van der Waals surface area contributed by atoms with Crippen LogP contribution in [0.3, 0.4) is 0 Å². The molecule has 0 spiro atoms. The van der Waals surface area contributed by atoms with Gasteiger partial charge in [-0.05, 0) is 58.0 Å². The number of rotatable bonds is 5. The van der Waals surface area contributed by atoms with E-state index in [4.69, 9.17) is 0 Å². The lowest BCUT2D eigenvalue weighted by atomic mass is 9.89. The molecule has 1 fully saturated rings. The number of piperidine rings is 1. The van der Waals surface area contributed by atoms with E-state index < -0.39 is 0 Å². The third-order valence-corrected chi connectivity index (χ3v) is 3.33. The minimum atomic E-state index is 0.169. The van der Waals surface area contributed by atoms with Crippen LogP contribution in [-0.2, 0) is 4.79 Å². The van der Waals surface area contributed by atoms with Crippen LogP contribution in [0.5, 0.6) is 0 Å². The maximum Gasteiger partial charge on any atom is 0.234 e. The second kappa shape index (κ2) is 7.00. The number of hydrogen-bond acceptors (Lipinski definition) is 2. The zero-order valence-electron chi connectivity index (χ0n) is 11.8. The summed E-state index contributed by atoms with van der Waals surface area (Å²) in [4.78, 5) is 13.9. The molecule has 17 heavy (non-hydrogen) atoms. The highest BCUT2D eigenvalue weighted by Gasteiger charge is 2.21. The van der Waals surface area contributed by atoms with Crippen molar-refractivity contribution in [3.8, 4) is 0 Å². The van der Waals surface area contributed by atoms with E-state index in [-0.39, 0.29) is 11.9 Å². The summed E-state index contributed by atoms with van der Waals surface area (Å²) in [5, 5.41) is 2.95. The molecule has 0 aromatic carbocycles. The van der Waals surface area contributed by atoms with E-state index in [9.17, 15) is 4.79 Å². The first kappa shape index (κ1) is 14.5. The van der Waals surface area contributed by atoms with E-state index in [1.807, 2.05) is 13.8 Å². The fourth-order valence-corrected chi connectivity index (χ4v) is 2.62. The molecule has 0 aliphatic carbocycles. The number of likely N-dealkylation sites (tertiary alicyclic amines) is 1. The van der Waals surface area contributed by atoms with Crippen LogP contribution in [0.1, 0.15) is 47.0 Å². The second-order valence-corrected chi connectivity index (χ2v) is 6.07. The van der Waals surface area contributed by atoms with Crippen molar-refractivity contribution in [2.75, 3.05) is 19.6 Å². The third kappa shape index (κ3) is 6.06. The molecule has 1 amide bonds. The highest BCUT2D eigenvalue weighted by Crippen LogP contribution is 2.23. The molecule has 1 aliphatic rings. The van der Waals surface area contributed by atoms with Gasteiger partial charge in [-0.15, -0.1) is 0 Å². The lowest BCUT2D eigenvalue weighted by Crippen LogP contribution is -2.43. The minimum absolute atomic E-state index is 0.169. The third-order valence-electron chi connectivity index (χ3n) is 3.33. The highest BCUT2D eigenvalue weighted by atomic mass is 16.2. The van der Waals surface area contributed by atoms with Crippen molar-refractivity contribution in [3.63, 3.8) is 0 Å². The highest BCUT2D eigenvalue weighted by molar-refractivity contribution is 5.78. The molecule has 0 saturated carbocycles. The summed E-state index contributed by atoms with van der Waals surface area (Å²) in [6, 6.07) is 0.251. The molecular formula is C14H28N2O. The smallest absolute Gasteiger partial charge is 0.234 e. The minimum Gasteiger partial charge on any atom is -0.353 e. The molecule has 3 nitrogen and oxygen atoms in total. The average Bonchev–Trinajstić information content (AvgIpc) is 2.18. The van der Waals surface area contributed by atoms with Crippen molar-refractivity contribution in [1.29, 1.82) is 0 Å². The lowest BCUT2D eigenvalue weighted by molar-refractivity contribution is -0.123. The molecule has 100 valence electrons. The van der Waals surface area contributed by atoms with Gasteiger partial charge in [0.2, 0.25) is 5.91 Å². The van der Waals surface area contributed by atoms with Crippen LogP contribution in [0.4, 0.5) is 0 Å². The van der Waals surface area contributed by atoms with Crippen LogP contribution in [0.25, 0.3) is 0 Å². The van der Waals surface area contributed by atoms with E-state index >= 15 is 0 Å². The summed E-state index contributed by atoms with van der Waals surface area (Å²) < 4.78 is 0. The Kier molecular flexibility index (Phi) is 5.96. The molecular weight excluding hydrogens is 212 g/mol. The van der Waals surface area contributed by atoms with Crippen molar-refractivity contribution in [2.45, 2.75) is 53.0 Å². The first-order valence-corrected chi connectivity index (χ1v) is 6.99. The number of nitrogens with zero attached hydrogens (tertiary/aromatic N) is 1. The van der Waals surface area contributed by atoms with Gasteiger partial charge in [-0.25, -0.2) is 0 Å². The summed E-state index contributed by atoms with van der Waals surface area (Å²) in [5.74, 6) is 1.84. The average molecular weight is 240 g/mol. The van der Waals surface area contributed by atoms with Gasteiger partial charge in [-0.2, -0.15) is 0 Å². The normalized spacial score (nSPS) is 18.9. The van der Waals surface area contributed by atoms with E-state index in [2.05, 4.69) is 24.1 Å². The molecule has 0 aromatic rings. The summed E-state index contributed by atoms with van der Waals surface area (Å²) in [6.45, 7) is 11.4. The van der Waals surface area contributed by atoms with Gasteiger partial charge in [0.05, 0.1) is 6.54 Å². The molecule has 1 N–H and O–H groups in total. The summed E-state index contributed by atoms with van der Waals surface area (Å²) in [6.07, 6.45) is 3.85. The summed E-state index contributed by atoms with van der Waals surface area (Å²) >= 11 is 0. The van der Waals surface area contributed by atoms with Crippen LogP contribution in [0.15, 0.2) is 0 Å². The maximum atomic E-state index is 11.6. The molecule has 1 heterocycles. The Hall–Kier alpha value is -0.570. The molecule has 0 bridgehead atoms. The SMILES string of the molecule is CC(C)CC1CCN(CC(=O)NC(C)C)CC1. The monoisotopic (exact) mass is 240 g/mol. The Balaban J connectivity index is 2.20. The van der Waals surface area contributed by atoms with Gasteiger partial charge in [0.15, 0.2) is 0 Å². The number of amides is 1. The Morgan fingerprint density at radius 1 is 1.24 bits per heavy atom. The number of carbonyl (C=O) groups excluding carboxylic acids is 1. The van der Waals surface area contributed by atoms with Gasteiger partial charge in [0.1, 0.15) is 0 Å². The summed E-state index contributed by atoms with van der Waals surface area (Å²) in [5.41, 5.74) is 0. The Morgan fingerprint density at radius 3 is 2.29 bits per heavy atom. The van der Waals surface area contributed by atoms with E-state index in [1.165, 1.54) is 19.3 Å². The first-order chi connectivity index (χ1) is 7.97. The predicted molar refractivity (Wildman–Crippen MR) is 71.9 cm³/mol. The van der Waals surface area contributed by atoms with Crippen LogP contribution >= 0.6 is 0 Å². The van der Waals surface area contributed by atoms with Crippen LogP contribution in [0, 0.1) is 11.8 Å². The Labute approximate surface area is 106 Å². The largest absolute Gasteiger partial charge is 0.353 e. The number of hydrogen-bond donors (Lipinski definition) is 1. The standard InChI is InChI=1S/C14H28N2O/c1-11(2)9-13-5-7-16(8-6-13)10-14(17)15-12(3)4/h11-13H,5-10H2,1-4H3,(H,15,17). The van der Waals surface area contributed by atoms with Crippen LogP contribution in [0.2, 0.25) is 0 Å². The van der Waals surface area contributed by atoms with Gasteiger partial charge >= 0.3 is 0 Å². The van der Waals surface area contributed by atoms with Crippen molar-refractivity contribution in [2.24, 2.45) is 11.8 Å². The zero-order chi connectivity index (χ0) is 12.8. The van der Waals surface area contributed by atoms with Gasteiger partial charge in [-0.1, -0.05) is 13.8 Å². The molecule has 0 atom stereocenters. The van der Waals surface area contributed by atoms with Gasteiger partial charge in [-0.3, -0.25) is 9.69 Å². The molecule has 0 unspecified atom stereocenters. The molecule has 0 aromatic heterocycles. The van der Waals surface area contributed by atoms with Crippen molar-refractivity contribution >= 4 is 5.91 Å².